The van der Waals surface area contributed by atoms with Crippen LogP contribution in [0.3, 0.4) is 0 Å². The summed E-state index contributed by atoms with van der Waals surface area (Å²) in [6.45, 7) is 9.08. The molecule has 26 heavy (non-hydrogen) atoms. The van der Waals surface area contributed by atoms with Gasteiger partial charge in [0, 0.05) is 49.0 Å². The van der Waals surface area contributed by atoms with Crippen LogP contribution in [0.1, 0.15) is 30.2 Å². The van der Waals surface area contributed by atoms with Crippen molar-refractivity contribution in [3.63, 3.8) is 0 Å². The third-order valence-corrected chi connectivity index (χ3v) is 4.49. The van der Waals surface area contributed by atoms with Gasteiger partial charge in [0.15, 0.2) is 0 Å². The zero-order chi connectivity index (χ0) is 18.7. The number of halogens is 1. The van der Waals surface area contributed by atoms with Crippen LogP contribution in [0.4, 0.5) is 11.5 Å². The number of amides is 1. The van der Waals surface area contributed by atoms with Gasteiger partial charge >= 0.3 is 0 Å². The fourth-order valence-corrected chi connectivity index (χ4v) is 3.22. The van der Waals surface area contributed by atoms with Gasteiger partial charge in [-0.25, -0.2) is 9.97 Å². The molecule has 0 spiro atoms. The molecule has 2 heterocycles. The van der Waals surface area contributed by atoms with Gasteiger partial charge in [-0.3, -0.25) is 4.79 Å². The second kappa shape index (κ2) is 7.91. The number of carbonyl (C=O) groups excluding carboxylic acids is 1. The molecule has 7 heteroatoms. The van der Waals surface area contributed by atoms with Gasteiger partial charge in [0.2, 0.25) is 0 Å². The number of hydrogen-bond acceptors (Lipinski definition) is 5. The maximum atomic E-state index is 12.3. The first-order valence-corrected chi connectivity index (χ1v) is 9.22. The number of aromatic nitrogens is 2. The van der Waals surface area contributed by atoms with Crippen molar-refractivity contribution in [2.24, 2.45) is 0 Å². The average molecular weight is 374 g/mol. The SMILES string of the molecule is Cc1nc(C(=O)NC(C)C)cc(N2CCN(c3cccc(Cl)c3)CC2)n1. The predicted molar refractivity (Wildman–Crippen MR) is 105 cm³/mol. The topological polar surface area (TPSA) is 61.4 Å². The molecule has 1 fully saturated rings. The summed E-state index contributed by atoms with van der Waals surface area (Å²) in [5.41, 5.74) is 1.55. The van der Waals surface area contributed by atoms with Crippen LogP contribution in [0.25, 0.3) is 0 Å². The molecule has 138 valence electrons. The Bertz CT molecular complexity index is 787. The van der Waals surface area contributed by atoms with E-state index < -0.39 is 0 Å². The maximum absolute atomic E-state index is 12.3. The van der Waals surface area contributed by atoms with Crippen LogP contribution < -0.4 is 15.1 Å². The van der Waals surface area contributed by atoms with Gasteiger partial charge in [0.1, 0.15) is 17.3 Å². The lowest BCUT2D eigenvalue weighted by Crippen LogP contribution is -2.47. The lowest BCUT2D eigenvalue weighted by molar-refractivity contribution is 0.0937. The number of hydrogen-bond donors (Lipinski definition) is 1. The second-order valence-electron chi connectivity index (χ2n) is 6.74. The fraction of sp³-hybridized carbons (Fsp3) is 0.421. The van der Waals surface area contributed by atoms with Crippen LogP contribution in [0, 0.1) is 6.92 Å². The van der Waals surface area contributed by atoms with Crippen molar-refractivity contribution in [1.82, 2.24) is 15.3 Å². The third-order valence-electron chi connectivity index (χ3n) is 4.25. The minimum absolute atomic E-state index is 0.0717. The molecule has 3 rings (SSSR count). The van der Waals surface area contributed by atoms with Crippen LogP contribution in [0.15, 0.2) is 30.3 Å². The number of carbonyl (C=O) groups is 1. The molecule has 1 N–H and O–H groups in total. The summed E-state index contributed by atoms with van der Waals surface area (Å²) in [7, 11) is 0. The van der Waals surface area contributed by atoms with Crippen molar-refractivity contribution in [3.05, 3.63) is 46.9 Å². The van der Waals surface area contributed by atoms with Gasteiger partial charge in [0.25, 0.3) is 5.91 Å². The molecule has 1 saturated heterocycles. The standard InChI is InChI=1S/C19H24ClN5O/c1-13(2)21-19(26)17-12-18(23-14(3)22-17)25-9-7-24(8-10-25)16-6-4-5-15(20)11-16/h4-6,11-13H,7-10H2,1-3H3,(H,21,26). The molecule has 0 bridgehead atoms. The van der Waals surface area contributed by atoms with Gasteiger partial charge in [-0.15, -0.1) is 0 Å². The number of anilines is 2. The predicted octanol–water partition coefficient (Wildman–Crippen LogP) is 2.90. The number of piperazine rings is 1. The van der Waals surface area contributed by atoms with Gasteiger partial charge in [0.05, 0.1) is 0 Å². The Morgan fingerprint density at radius 1 is 1.12 bits per heavy atom. The lowest BCUT2D eigenvalue weighted by atomic mass is 10.2. The Hall–Kier alpha value is -2.34. The minimum Gasteiger partial charge on any atom is -0.368 e. The maximum Gasteiger partial charge on any atom is 0.270 e. The number of nitrogens with zero attached hydrogens (tertiary/aromatic N) is 4. The van der Waals surface area contributed by atoms with E-state index in [0.29, 0.717) is 11.5 Å². The van der Waals surface area contributed by atoms with Crippen molar-refractivity contribution in [2.75, 3.05) is 36.0 Å². The first-order valence-electron chi connectivity index (χ1n) is 8.84. The number of aryl methyl sites for hydroxylation is 1. The highest BCUT2D eigenvalue weighted by atomic mass is 35.5. The van der Waals surface area contributed by atoms with E-state index in [1.54, 1.807) is 6.07 Å². The Morgan fingerprint density at radius 2 is 1.81 bits per heavy atom. The van der Waals surface area contributed by atoms with Crippen LogP contribution in [0.5, 0.6) is 0 Å². The van der Waals surface area contributed by atoms with Gasteiger partial charge < -0.3 is 15.1 Å². The Morgan fingerprint density at radius 3 is 2.46 bits per heavy atom. The van der Waals surface area contributed by atoms with E-state index in [0.717, 1.165) is 42.7 Å². The Kier molecular flexibility index (Phi) is 5.61. The van der Waals surface area contributed by atoms with E-state index in [1.165, 1.54) is 0 Å². The molecule has 1 aliphatic heterocycles. The molecule has 0 unspecified atom stereocenters. The average Bonchev–Trinajstić information content (AvgIpc) is 2.61. The Labute approximate surface area is 159 Å². The fourth-order valence-electron chi connectivity index (χ4n) is 3.03. The van der Waals surface area contributed by atoms with E-state index >= 15 is 0 Å². The monoisotopic (exact) mass is 373 g/mol. The molecule has 6 nitrogen and oxygen atoms in total. The highest BCUT2D eigenvalue weighted by Gasteiger charge is 2.20. The van der Waals surface area contributed by atoms with Crippen molar-refractivity contribution in [2.45, 2.75) is 26.8 Å². The largest absolute Gasteiger partial charge is 0.368 e. The van der Waals surface area contributed by atoms with E-state index in [1.807, 2.05) is 39.0 Å². The van der Waals surface area contributed by atoms with Crippen LogP contribution in [-0.4, -0.2) is 48.1 Å². The molecular formula is C19H24ClN5O. The molecule has 0 aliphatic carbocycles. The third kappa shape index (κ3) is 4.43. The van der Waals surface area contributed by atoms with E-state index in [4.69, 9.17) is 11.6 Å². The van der Waals surface area contributed by atoms with Gasteiger partial charge in [-0.2, -0.15) is 0 Å². The summed E-state index contributed by atoms with van der Waals surface area (Å²) in [4.78, 5) is 25.6. The van der Waals surface area contributed by atoms with E-state index in [9.17, 15) is 4.79 Å². The lowest BCUT2D eigenvalue weighted by Gasteiger charge is -2.37. The molecule has 1 aromatic heterocycles. The second-order valence-corrected chi connectivity index (χ2v) is 7.18. The summed E-state index contributed by atoms with van der Waals surface area (Å²) in [5.74, 6) is 1.25. The first kappa shape index (κ1) is 18.5. The van der Waals surface area contributed by atoms with Crippen molar-refractivity contribution in [3.8, 4) is 0 Å². The minimum atomic E-state index is -0.163. The summed E-state index contributed by atoms with van der Waals surface area (Å²) in [6.07, 6.45) is 0. The molecule has 1 aromatic carbocycles. The van der Waals surface area contributed by atoms with Crippen LogP contribution in [-0.2, 0) is 0 Å². The summed E-state index contributed by atoms with van der Waals surface area (Å²) < 4.78 is 0. The highest BCUT2D eigenvalue weighted by Crippen LogP contribution is 2.22. The van der Waals surface area contributed by atoms with Crippen LogP contribution >= 0.6 is 11.6 Å². The van der Waals surface area contributed by atoms with Gasteiger partial charge in [-0.1, -0.05) is 17.7 Å². The Balaban J connectivity index is 1.71. The number of nitrogens with one attached hydrogen (secondary N) is 1. The van der Waals surface area contributed by atoms with Crippen LogP contribution in [0.2, 0.25) is 5.02 Å². The summed E-state index contributed by atoms with van der Waals surface area (Å²) in [5, 5.41) is 3.63. The molecule has 1 aliphatic rings. The van der Waals surface area contributed by atoms with E-state index in [2.05, 4.69) is 31.2 Å². The molecule has 1 amide bonds. The van der Waals surface area contributed by atoms with Crippen molar-refractivity contribution >= 4 is 29.0 Å². The number of rotatable bonds is 4. The van der Waals surface area contributed by atoms with Crippen molar-refractivity contribution in [1.29, 1.82) is 0 Å². The molecule has 0 radical (unpaired) electrons. The molecule has 0 atom stereocenters. The quantitative estimate of drug-likeness (QED) is 0.892. The normalized spacial score (nSPS) is 14.7. The summed E-state index contributed by atoms with van der Waals surface area (Å²) >= 11 is 6.10. The first-order chi connectivity index (χ1) is 12.4. The summed E-state index contributed by atoms with van der Waals surface area (Å²) in [6, 6.07) is 9.76. The molecule has 0 saturated carbocycles. The van der Waals surface area contributed by atoms with E-state index in [-0.39, 0.29) is 11.9 Å². The van der Waals surface area contributed by atoms with Crippen molar-refractivity contribution < 1.29 is 4.79 Å². The highest BCUT2D eigenvalue weighted by molar-refractivity contribution is 6.30. The zero-order valence-electron chi connectivity index (χ0n) is 15.4. The zero-order valence-corrected chi connectivity index (χ0v) is 16.1. The molecule has 2 aromatic rings. The smallest absolute Gasteiger partial charge is 0.270 e. The molecular weight excluding hydrogens is 350 g/mol. The van der Waals surface area contributed by atoms with Gasteiger partial charge in [-0.05, 0) is 39.0 Å². The number of benzene rings is 1.